The van der Waals surface area contributed by atoms with Crippen LogP contribution >= 0.6 is 0 Å². The van der Waals surface area contributed by atoms with Crippen LogP contribution in [-0.2, 0) is 4.79 Å². The first-order valence-corrected chi connectivity index (χ1v) is 8.56. The number of hydrogen-bond donors (Lipinski definition) is 2. The van der Waals surface area contributed by atoms with Crippen molar-refractivity contribution < 1.29 is 24.2 Å². The lowest BCUT2D eigenvalue weighted by Crippen LogP contribution is -2.33. The highest BCUT2D eigenvalue weighted by Crippen LogP contribution is 2.28. The Bertz CT molecular complexity index is 583. The second-order valence-corrected chi connectivity index (χ2v) is 6.95. The third-order valence-corrected chi connectivity index (χ3v) is 3.61. The van der Waals surface area contributed by atoms with Crippen LogP contribution in [0.1, 0.15) is 44.5 Å². The molecule has 6 nitrogen and oxygen atoms in total. The van der Waals surface area contributed by atoms with Gasteiger partial charge in [0.25, 0.3) is 5.91 Å². The number of aliphatic carboxylic acids is 1. The predicted molar refractivity (Wildman–Crippen MR) is 96.2 cm³/mol. The molecular formula is C19H29NO5. The van der Waals surface area contributed by atoms with Crippen LogP contribution in [0.25, 0.3) is 0 Å². The maximum atomic E-state index is 12.3. The van der Waals surface area contributed by atoms with E-state index < -0.39 is 11.9 Å². The first-order chi connectivity index (χ1) is 11.7. The van der Waals surface area contributed by atoms with Gasteiger partial charge in [-0.15, -0.1) is 0 Å². The molecule has 0 aliphatic carbocycles. The average Bonchev–Trinajstić information content (AvgIpc) is 2.55. The number of carboxylic acid groups (broad SMARTS) is 1. The van der Waals surface area contributed by atoms with Gasteiger partial charge in [-0.05, 0) is 36.5 Å². The number of amides is 1. The molecule has 0 fully saturated rings. The van der Waals surface area contributed by atoms with Crippen molar-refractivity contribution in [3.63, 3.8) is 0 Å². The van der Waals surface area contributed by atoms with Crippen LogP contribution in [0, 0.1) is 17.8 Å². The van der Waals surface area contributed by atoms with Crippen molar-refractivity contribution in [3.05, 3.63) is 23.8 Å². The predicted octanol–water partition coefficient (Wildman–Crippen LogP) is 3.21. The van der Waals surface area contributed by atoms with Crippen molar-refractivity contribution in [2.75, 3.05) is 20.3 Å². The summed E-state index contributed by atoms with van der Waals surface area (Å²) in [4.78, 5) is 23.6. The van der Waals surface area contributed by atoms with E-state index in [9.17, 15) is 14.7 Å². The van der Waals surface area contributed by atoms with Crippen molar-refractivity contribution >= 4 is 11.9 Å². The number of rotatable bonds is 10. The van der Waals surface area contributed by atoms with Gasteiger partial charge in [-0.3, -0.25) is 9.59 Å². The summed E-state index contributed by atoms with van der Waals surface area (Å²) in [5.74, 6) is -0.148. The Morgan fingerprint density at radius 1 is 1.12 bits per heavy atom. The Kier molecular flexibility index (Phi) is 8.25. The number of hydrogen-bond acceptors (Lipinski definition) is 4. The van der Waals surface area contributed by atoms with Crippen LogP contribution < -0.4 is 14.8 Å². The molecule has 1 aromatic carbocycles. The molecule has 0 aliphatic rings. The number of carboxylic acids is 1. The van der Waals surface area contributed by atoms with Crippen LogP contribution in [0.3, 0.4) is 0 Å². The second-order valence-electron chi connectivity index (χ2n) is 6.95. The Balaban J connectivity index is 2.76. The fourth-order valence-corrected chi connectivity index (χ4v) is 2.34. The molecule has 140 valence electrons. The van der Waals surface area contributed by atoms with E-state index >= 15 is 0 Å². The summed E-state index contributed by atoms with van der Waals surface area (Å²) < 4.78 is 10.9. The minimum absolute atomic E-state index is 0.0975. The summed E-state index contributed by atoms with van der Waals surface area (Å²) in [6.45, 7) is 8.66. The molecule has 0 aliphatic heterocycles. The van der Waals surface area contributed by atoms with E-state index in [-0.39, 0.29) is 18.4 Å². The van der Waals surface area contributed by atoms with Crippen LogP contribution in [0.4, 0.5) is 0 Å². The number of carbonyl (C=O) groups excluding carboxylic acids is 1. The zero-order valence-electron chi connectivity index (χ0n) is 15.7. The molecule has 2 N–H and O–H groups in total. The van der Waals surface area contributed by atoms with Gasteiger partial charge in [0, 0.05) is 12.1 Å². The molecule has 0 radical (unpaired) electrons. The second kappa shape index (κ2) is 9.91. The van der Waals surface area contributed by atoms with E-state index in [0.717, 1.165) is 0 Å². The maximum absolute atomic E-state index is 12.3. The quantitative estimate of drug-likeness (QED) is 0.676. The van der Waals surface area contributed by atoms with Crippen molar-refractivity contribution in [2.45, 2.75) is 34.1 Å². The van der Waals surface area contributed by atoms with E-state index in [1.54, 1.807) is 18.2 Å². The normalized spacial score (nSPS) is 12.1. The fourth-order valence-electron chi connectivity index (χ4n) is 2.34. The van der Waals surface area contributed by atoms with Gasteiger partial charge >= 0.3 is 5.97 Å². The monoisotopic (exact) mass is 351 g/mol. The molecule has 0 aromatic heterocycles. The molecule has 1 aromatic rings. The molecule has 0 saturated carbocycles. The molecule has 1 rings (SSSR count). The van der Waals surface area contributed by atoms with Crippen molar-refractivity contribution in [1.82, 2.24) is 5.32 Å². The van der Waals surface area contributed by atoms with E-state index in [0.29, 0.717) is 36.0 Å². The van der Waals surface area contributed by atoms with Gasteiger partial charge in [-0.25, -0.2) is 0 Å². The van der Waals surface area contributed by atoms with Gasteiger partial charge in [0.2, 0.25) is 0 Å². The Hall–Kier alpha value is -2.24. The summed E-state index contributed by atoms with van der Waals surface area (Å²) in [6.07, 6.45) is 0.515. The zero-order valence-corrected chi connectivity index (χ0v) is 15.7. The lowest BCUT2D eigenvalue weighted by atomic mass is 9.97. The van der Waals surface area contributed by atoms with Gasteiger partial charge in [0.05, 0.1) is 19.6 Å². The average molecular weight is 351 g/mol. The molecule has 0 heterocycles. The third kappa shape index (κ3) is 7.03. The SMILES string of the molecule is COc1cc(C(=O)NCC(CC(C)C)C(=O)O)ccc1OCC(C)C. The molecule has 0 saturated heterocycles. The zero-order chi connectivity index (χ0) is 19.0. The summed E-state index contributed by atoms with van der Waals surface area (Å²) in [5.41, 5.74) is 0.405. The molecule has 1 unspecified atom stereocenters. The largest absolute Gasteiger partial charge is 0.493 e. The van der Waals surface area contributed by atoms with Crippen LogP contribution in [-0.4, -0.2) is 37.2 Å². The first-order valence-electron chi connectivity index (χ1n) is 8.56. The summed E-state index contributed by atoms with van der Waals surface area (Å²) in [7, 11) is 1.52. The van der Waals surface area contributed by atoms with Crippen LogP contribution in [0.5, 0.6) is 11.5 Å². The molecule has 25 heavy (non-hydrogen) atoms. The lowest BCUT2D eigenvalue weighted by molar-refractivity contribution is -0.142. The van der Waals surface area contributed by atoms with E-state index in [2.05, 4.69) is 5.32 Å². The van der Waals surface area contributed by atoms with Crippen LogP contribution in [0.2, 0.25) is 0 Å². The van der Waals surface area contributed by atoms with Gasteiger partial charge in [0.1, 0.15) is 0 Å². The Morgan fingerprint density at radius 2 is 1.80 bits per heavy atom. The first kappa shape index (κ1) is 20.8. The Morgan fingerprint density at radius 3 is 2.32 bits per heavy atom. The molecule has 6 heteroatoms. The number of methoxy groups -OCH3 is 1. The third-order valence-electron chi connectivity index (χ3n) is 3.61. The van der Waals surface area contributed by atoms with Crippen molar-refractivity contribution in [2.24, 2.45) is 17.8 Å². The van der Waals surface area contributed by atoms with Crippen molar-refractivity contribution in [1.29, 1.82) is 0 Å². The van der Waals surface area contributed by atoms with Gasteiger partial charge in [0.15, 0.2) is 11.5 Å². The molecule has 0 spiro atoms. The highest BCUT2D eigenvalue weighted by Gasteiger charge is 2.20. The van der Waals surface area contributed by atoms with Crippen molar-refractivity contribution in [3.8, 4) is 11.5 Å². The molecular weight excluding hydrogens is 322 g/mol. The minimum Gasteiger partial charge on any atom is -0.493 e. The van der Waals surface area contributed by atoms with E-state index in [1.165, 1.54) is 7.11 Å². The smallest absolute Gasteiger partial charge is 0.308 e. The number of benzene rings is 1. The number of ether oxygens (including phenoxy) is 2. The highest BCUT2D eigenvalue weighted by molar-refractivity contribution is 5.95. The maximum Gasteiger partial charge on any atom is 0.308 e. The summed E-state index contributed by atoms with van der Waals surface area (Å²) in [6, 6.07) is 4.94. The summed E-state index contributed by atoms with van der Waals surface area (Å²) >= 11 is 0. The highest BCUT2D eigenvalue weighted by atomic mass is 16.5. The minimum atomic E-state index is -0.899. The Labute approximate surface area is 149 Å². The standard InChI is InChI=1S/C19H29NO5/c1-12(2)8-15(19(22)23)10-20-18(21)14-6-7-16(17(9-14)24-5)25-11-13(3)4/h6-7,9,12-13,15H,8,10-11H2,1-5H3,(H,20,21)(H,22,23). The lowest BCUT2D eigenvalue weighted by Gasteiger charge is -2.16. The summed E-state index contributed by atoms with van der Waals surface area (Å²) in [5, 5.41) is 11.9. The number of carbonyl (C=O) groups is 2. The van der Waals surface area contributed by atoms with E-state index in [1.807, 2.05) is 27.7 Å². The molecule has 0 bridgehead atoms. The van der Waals surface area contributed by atoms with Crippen LogP contribution in [0.15, 0.2) is 18.2 Å². The number of nitrogens with one attached hydrogen (secondary N) is 1. The van der Waals surface area contributed by atoms with Gasteiger partial charge in [-0.1, -0.05) is 27.7 Å². The molecule has 1 atom stereocenters. The van der Waals surface area contributed by atoms with Gasteiger partial charge < -0.3 is 19.9 Å². The van der Waals surface area contributed by atoms with E-state index in [4.69, 9.17) is 9.47 Å². The fraction of sp³-hybridized carbons (Fsp3) is 0.579. The molecule has 1 amide bonds. The topological polar surface area (TPSA) is 84.9 Å². The van der Waals surface area contributed by atoms with Gasteiger partial charge in [-0.2, -0.15) is 0 Å².